The summed E-state index contributed by atoms with van der Waals surface area (Å²) in [4.78, 5) is 73.6. The first-order chi connectivity index (χ1) is 35.4. The van der Waals surface area contributed by atoms with E-state index in [9.17, 15) is 24.0 Å². The molecule has 0 atom stereocenters. The number of aromatic amines is 2. The number of anilines is 1. The maximum absolute atomic E-state index is 13.0. The Morgan fingerprint density at radius 2 is 1.20 bits per heavy atom. The van der Waals surface area contributed by atoms with Gasteiger partial charge >= 0.3 is 17.9 Å². The largest absolute Gasteiger partial charge is 0.493 e. The number of hydrogen-bond acceptors (Lipinski definition) is 13. The van der Waals surface area contributed by atoms with Crippen molar-refractivity contribution in [2.45, 2.75) is 162 Å². The monoisotopic (exact) mass is 1100 g/mol. The fourth-order valence-corrected chi connectivity index (χ4v) is 10.6. The van der Waals surface area contributed by atoms with Gasteiger partial charge < -0.3 is 40.1 Å². The van der Waals surface area contributed by atoms with Crippen LogP contribution < -0.4 is 26.3 Å². The van der Waals surface area contributed by atoms with Crippen molar-refractivity contribution in [2.24, 2.45) is 11.3 Å². The van der Waals surface area contributed by atoms with E-state index >= 15 is 0 Å². The van der Waals surface area contributed by atoms with E-state index in [0.717, 1.165) is 120 Å². The maximum Gasteiger partial charge on any atom is 0.320 e. The molecule has 3 saturated carbocycles. The lowest BCUT2D eigenvalue weighted by atomic mass is 9.79. The molecule has 3 aliphatic rings. The fraction of sp³-hybridized carbons (Fsp3) is 0.545. The molecular formula is C55H76BrN9O10. The van der Waals surface area contributed by atoms with Crippen LogP contribution in [0.2, 0.25) is 0 Å². The third kappa shape index (κ3) is 14.0. The van der Waals surface area contributed by atoms with Gasteiger partial charge in [-0.25, -0.2) is 19.0 Å². The molecule has 0 unspecified atom stereocenters. The third-order valence-electron chi connectivity index (χ3n) is 13.8. The molecule has 2 aromatic carbocycles. The van der Waals surface area contributed by atoms with Crippen molar-refractivity contribution in [3.05, 3.63) is 85.7 Å². The zero-order valence-electron chi connectivity index (χ0n) is 43.8. The minimum atomic E-state index is -0.708. The van der Waals surface area contributed by atoms with Crippen LogP contribution in [0.5, 0.6) is 11.5 Å². The van der Waals surface area contributed by atoms with Crippen LogP contribution in [-0.2, 0) is 38.4 Å². The van der Waals surface area contributed by atoms with Gasteiger partial charge in [0, 0.05) is 18.5 Å². The number of aliphatic carboxylic acids is 2. The van der Waals surface area contributed by atoms with E-state index in [2.05, 4.69) is 54.8 Å². The molecule has 75 heavy (non-hydrogen) atoms. The Morgan fingerprint density at radius 1 is 0.733 bits per heavy atom. The highest BCUT2D eigenvalue weighted by Crippen LogP contribution is 2.43. The van der Waals surface area contributed by atoms with Crippen LogP contribution in [-0.4, -0.2) is 91.9 Å². The number of esters is 1. The number of halogens is 1. The number of carboxylic acid groups (broad SMARTS) is 2. The molecule has 3 aliphatic carbocycles. The second kappa shape index (κ2) is 26.8. The number of methoxy groups -OCH3 is 1. The first-order valence-electron chi connectivity index (χ1n) is 25.9. The van der Waals surface area contributed by atoms with Gasteiger partial charge in [-0.15, -0.1) is 10.2 Å². The number of imidazole rings is 2. The number of rotatable bonds is 15. The number of ether oxygens (including phenoxy) is 3. The van der Waals surface area contributed by atoms with Crippen LogP contribution in [0, 0.1) is 25.2 Å². The second-order valence-corrected chi connectivity index (χ2v) is 20.8. The Hall–Kier alpha value is -6.57. The molecule has 0 aliphatic heterocycles. The summed E-state index contributed by atoms with van der Waals surface area (Å²) < 4.78 is 19.4. The number of nitrogens with two attached hydrogens (primary N) is 1. The number of aryl methyl sites for hydroxylation is 4. The fourth-order valence-electron chi connectivity index (χ4n) is 10.1. The van der Waals surface area contributed by atoms with Gasteiger partial charge in [0.2, 0.25) is 0 Å². The smallest absolute Gasteiger partial charge is 0.320 e. The van der Waals surface area contributed by atoms with Crippen molar-refractivity contribution >= 4 is 50.6 Å². The molecule has 0 saturated heterocycles. The molecule has 0 amide bonds. The number of aromatic nitrogens is 8. The Morgan fingerprint density at radius 3 is 1.61 bits per heavy atom. The first kappa shape index (κ1) is 59.3. The summed E-state index contributed by atoms with van der Waals surface area (Å²) >= 11 is 3.21. The summed E-state index contributed by atoms with van der Waals surface area (Å²) in [6.07, 6.45) is 15.2. The van der Waals surface area contributed by atoms with E-state index in [-0.39, 0.29) is 30.4 Å². The number of carboxylic acids is 2. The number of carbonyl (C=O) groups is 3. The molecule has 20 heteroatoms. The molecule has 4 heterocycles. The highest BCUT2D eigenvalue weighted by Gasteiger charge is 2.42. The first-order valence-corrected chi connectivity index (χ1v) is 26.7. The number of fused-ring (bicyclic) bond motifs is 2. The van der Waals surface area contributed by atoms with E-state index in [1.54, 1.807) is 27.2 Å². The average molecular weight is 1100 g/mol. The number of H-pyrrole nitrogens is 2. The molecular weight excluding hydrogens is 1030 g/mol. The lowest BCUT2D eigenvalue weighted by Gasteiger charge is -2.26. The van der Waals surface area contributed by atoms with E-state index in [1.165, 1.54) is 7.11 Å². The third-order valence-corrected chi connectivity index (χ3v) is 14.9. The molecule has 6 N–H and O–H groups in total. The molecule has 0 bridgehead atoms. The van der Waals surface area contributed by atoms with Gasteiger partial charge in [-0.3, -0.25) is 24.0 Å². The molecule has 3 fully saturated rings. The summed E-state index contributed by atoms with van der Waals surface area (Å²) in [5.41, 5.74) is 10.1. The number of carbonyl (C=O) groups excluding carboxylic acids is 1. The number of nitrogen functional groups attached to an aromatic ring is 1. The summed E-state index contributed by atoms with van der Waals surface area (Å²) in [6, 6.07) is 11.1. The van der Waals surface area contributed by atoms with Crippen LogP contribution in [0.25, 0.3) is 33.8 Å². The van der Waals surface area contributed by atoms with Gasteiger partial charge in [0.25, 0.3) is 11.1 Å². The van der Waals surface area contributed by atoms with Crippen molar-refractivity contribution in [1.29, 1.82) is 0 Å². The number of benzene rings is 2. The van der Waals surface area contributed by atoms with Crippen LogP contribution in [0.15, 0.2) is 46.0 Å². The lowest BCUT2D eigenvalue weighted by Crippen LogP contribution is -2.31. The Kier molecular flexibility index (Phi) is 21.2. The predicted octanol–water partition coefficient (Wildman–Crippen LogP) is 10.0. The van der Waals surface area contributed by atoms with E-state index in [1.807, 2.05) is 45.9 Å². The van der Waals surface area contributed by atoms with Gasteiger partial charge in [-0.2, -0.15) is 0 Å². The quantitative estimate of drug-likeness (QED) is 0.0364. The van der Waals surface area contributed by atoms with Crippen molar-refractivity contribution < 1.29 is 38.8 Å². The standard InChI is InChI=1S/C25H32N4O4.C17H21N5O2.C6H9BrO2.C6H10O2.CH4/c1-5-9-20-26-16(3)21-23(30)27-22(28-29(20)21)18-14-17(10-11-19(18)33-6-2)15-25(24(31)32-4)12-7-8-13-25;1-4-6-14-19-10(3)15-17(23)20-16(21-22(14)15)12-9-11(18)7-8-13(12)24-5-2;7-6(5(8)9)3-1-2-4-6;7-6(8)5-3-1-2-4-5;/h10-11,14H,5-9,12-13,15H2,1-4H3,(H,27,28,30);7-9H,4-6,18H2,1-3H3,(H,20,21,23);1-4H2,(H,8,9);5H,1-4H2,(H,7,8);1H4. The molecule has 6 aromatic rings. The molecule has 408 valence electrons. The minimum Gasteiger partial charge on any atom is -0.493 e. The summed E-state index contributed by atoms with van der Waals surface area (Å²) in [7, 11) is 1.46. The normalized spacial score (nSPS) is 15.4. The Bertz CT molecular complexity index is 3030. The van der Waals surface area contributed by atoms with Crippen molar-refractivity contribution in [3.63, 3.8) is 0 Å². The minimum absolute atomic E-state index is 0. The number of alkyl halides is 1. The number of hydrogen-bond donors (Lipinski definition) is 5. The van der Waals surface area contributed by atoms with Crippen molar-refractivity contribution in [3.8, 4) is 34.3 Å². The zero-order valence-corrected chi connectivity index (χ0v) is 45.4. The van der Waals surface area contributed by atoms with Crippen molar-refractivity contribution in [2.75, 3.05) is 26.1 Å². The Balaban J connectivity index is 0.000000214. The molecule has 0 radical (unpaired) electrons. The van der Waals surface area contributed by atoms with Crippen LogP contribution >= 0.6 is 15.9 Å². The average Bonchev–Trinajstić information content (AvgIpc) is 4.25. The van der Waals surface area contributed by atoms with Gasteiger partial charge in [-0.05, 0) is 121 Å². The highest BCUT2D eigenvalue weighted by molar-refractivity contribution is 9.10. The van der Waals surface area contributed by atoms with Crippen LogP contribution in [0.4, 0.5) is 5.69 Å². The van der Waals surface area contributed by atoms with Gasteiger partial charge in [-0.1, -0.05) is 81.8 Å². The SMILES string of the molecule is C.CCCc1nc(C)c2c(=O)[nH]c(-c3cc(CC4(C(=O)OC)CCCC4)ccc3OCC)nn12.CCCc1nc(C)c2c(=O)[nH]c(-c3cc(N)ccc3OCC)nn12.O=C(O)C1(Br)CCCC1.O=C(O)C1CCCC1. The molecule has 4 aromatic heterocycles. The predicted molar refractivity (Wildman–Crippen MR) is 293 cm³/mol. The highest BCUT2D eigenvalue weighted by atomic mass is 79.9. The van der Waals surface area contributed by atoms with E-state index < -0.39 is 21.7 Å². The van der Waals surface area contributed by atoms with Crippen molar-refractivity contribution in [1.82, 2.24) is 39.2 Å². The summed E-state index contributed by atoms with van der Waals surface area (Å²) in [5.74, 6) is 2.16. The maximum atomic E-state index is 13.0. The van der Waals surface area contributed by atoms with E-state index in [4.69, 9.17) is 35.3 Å². The number of nitrogens with zero attached hydrogens (tertiary/aromatic N) is 6. The summed E-state index contributed by atoms with van der Waals surface area (Å²) in [5, 5.41) is 26.4. The van der Waals surface area contributed by atoms with Gasteiger partial charge in [0.15, 0.2) is 22.7 Å². The van der Waals surface area contributed by atoms with Gasteiger partial charge in [0.1, 0.15) is 27.5 Å². The summed E-state index contributed by atoms with van der Waals surface area (Å²) in [6.45, 7) is 12.6. The van der Waals surface area contributed by atoms with Gasteiger partial charge in [0.05, 0.1) is 54.2 Å². The topological polar surface area (TPSA) is 271 Å². The molecule has 19 nitrogen and oxygen atoms in total. The van der Waals surface area contributed by atoms with Crippen LogP contribution in [0.1, 0.15) is 154 Å². The van der Waals surface area contributed by atoms with Crippen LogP contribution in [0.3, 0.4) is 0 Å². The lowest BCUT2D eigenvalue weighted by molar-refractivity contribution is -0.152. The number of nitrogens with one attached hydrogen (secondary N) is 2. The zero-order chi connectivity index (χ0) is 53.7. The molecule has 9 rings (SSSR count). The Labute approximate surface area is 446 Å². The van der Waals surface area contributed by atoms with E-state index in [0.29, 0.717) is 82.0 Å². The molecule has 0 spiro atoms. The second-order valence-electron chi connectivity index (χ2n) is 19.3.